The van der Waals surface area contributed by atoms with Crippen molar-refractivity contribution < 1.29 is 9.31 Å². The molecule has 1 atom stereocenters. The van der Waals surface area contributed by atoms with Crippen molar-refractivity contribution >= 4 is 35.1 Å². The Balaban J connectivity index is 1.70. The number of hydrogen-bond donors (Lipinski definition) is 2. The van der Waals surface area contributed by atoms with Crippen molar-refractivity contribution in [2.75, 3.05) is 11.1 Å². The minimum Gasteiger partial charge on any atom is -0.399 e. The highest BCUT2D eigenvalue weighted by molar-refractivity contribution is 6.65. The molecule has 0 amide bonds. The van der Waals surface area contributed by atoms with E-state index in [9.17, 15) is 10.1 Å². The second-order valence-corrected chi connectivity index (χ2v) is 10.4. The van der Waals surface area contributed by atoms with Gasteiger partial charge in [0.2, 0.25) is 5.95 Å². The van der Waals surface area contributed by atoms with Crippen LogP contribution < -0.4 is 22.1 Å². The van der Waals surface area contributed by atoms with E-state index in [1.165, 1.54) is 6.20 Å². The SMILES string of the molecule is C[C@H](Nc1nc(N)ncc1C#N)c1cc2cccc(B3OC(C)(C)C(C)(C)O3)c2c(=O)n1-c1ccccc1. The molecule has 10 heteroatoms. The third-order valence-electron chi connectivity index (χ3n) is 7.35. The normalized spacial score (nSPS) is 16.8. The number of nitrogens with zero attached hydrogens (tertiary/aromatic N) is 4. The molecule has 2 aromatic heterocycles. The Hall–Kier alpha value is -4.20. The number of nitrogens with two attached hydrogens (primary N) is 1. The van der Waals surface area contributed by atoms with E-state index in [4.69, 9.17) is 15.0 Å². The first-order chi connectivity index (χ1) is 18.0. The van der Waals surface area contributed by atoms with Crippen LogP contribution in [0.25, 0.3) is 16.5 Å². The molecule has 2 aromatic carbocycles. The number of anilines is 2. The molecule has 1 fully saturated rings. The topological polar surface area (TPSA) is 128 Å². The first kappa shape index (κ1) is 25.5. The average molecular weight is 508 g/mol. The summed E-state index contributed by atoms with van der Waals surface area (Å²) in [7, 11) is -0.691. The van der Waals surface area contributed by atoms with Crippen LogP contribution in [0, 0.1) is 11.3 Å². The molecular formula is C28H29BN6O3. The van der Waals surface area contributed by atoms with Gasteiger partial charge in [-0.05, 0) is 63.7 Å². The second kappa shape index (κ2) is 9.28. The minimum atomic E-state index is -0.691. The van der Waals surface area contributed by atoms with Gasteiger partial charge in [-0.1, -0.05) is 36.4 Å². The van der Waals surface area contributed by atoms with Gasteiger partial charge in [0.15, 0.2) is 0 Å². The van der Waals surface area contributed by atoms with Crippen molar-refractivity contribution in [3.05, 3.63) is 82.4 Å². The molecule has 0 unspecified atom stereocenters. The lowest BCUT2D eigenvalue weighted by molar-refractivity contribution is 0.00578. The molecule has 1 aliphatic rings. The van der Waals surface area contributed by atoms with Crippen molar-refractivity contribution in [2.24, 2.45) is 0 Å². The van der Waals surface area contributed by atoms with Gasteiger partial charge in [-0.15, -0.1) is 0 Å². The molecule has 9 nitrogen and oxygen atoms in total. The van der Waals surface area contributed by atoms with Crippen LogP contribution in [0.15, 0.2) is 65.6 Å². The molecule has 0 radical (unpaired) electrons. The molecule has 38 heavy (non-hydrogen) atoms. The Morgan fingerprint density at radius 1 is 1.08 bits per heavy atom. The summed E-state index contributed by atoms with van der Waals surface area (Å²) in [5, 5.41) is 14.1. The number of rotatable bonds is 5. The fraction of sp³-hybridized carbons (Fsp3) is 0.286. The van der Waals surface area contributed by atoms with Crippen molar-refractivity contribution in [2.45, 2.75) is 51.9 Å². The number of nitrogens with one attached hydrogen (secondary N) is 1. The van der Waals surface area contributed by atoms with Crippen molar-refractivity contribution in [3.8, 4) is 11.8 Å². The van der Waals surface area contributed by atoms with Crippen molar-refractivity contribution in [3.63, 3.8) is 0 Å². The molecular weight excluding hydrogens is 479 g/mol. The Labute approximate surface area is 221 Å². The molecule has 0 saturated carbocycles. The zero-order valence-corrected chi connectivity index (χ0v) is 22.0. The Bertz CT molecular complexity index is 1610. The zero-order chi connectivity index (χ0) is 27.2. The Morgan fingerprint density at radius 3 is 2.42 bits per heavy atom. The molecule has 0 spiro atoms. The third-order valence-corrected chi connectivity index (χ3v) is 7.35. The van der Waals surface area contributed by atoms with Gasteiger partial charge in [-0.3, -0.25) is 9.36 Å². The highest BCUT2D eigenvalue weighted by atomic mass is 16.7. The minimum absolute atomic E-state index is 0.0460. The lowest BCUT2D eigenvalue weighted by Gasteiger charge is -2.32. The number of para-hydroxylation sites is 1. The molecule has 5 rings (SSSR count). The Morgan fingerprint density at radius 2 is 1.76 bits per heavy atom. The van der Waals surface area contributed by atoms with Gasteiger partial charge < -0.3 is 20.4 Å². The van der Waals surface area contributed by atoms with Crippen molar-refractivity contribution in [1.29, 1.82) is 5.26 Å². The molecule has 0 aliphatic carbocycles. The number of benzene rings is 2. The van der Waals surface area contributed by atoms with Crippen LogP contribution in [0.1, 0.15) is 51.9 Å². The van der Waals surface area contributed by atoms with Gasteiger partial charge in [0.25, 0.3) is 5.56 Å². The van der Waals surface area contributed by atoms with E-state index in [0.717, 1.165) is 5.39 Å². The van der Waals surface area contributed by atoms with Gasteiger partial charge >= 0.3 is 7.12 Å². The molecule has 192 valence electrons. The maximum absolute atomic E-state index is 14.3. The maximum Gasteiger partial charge on any atom is 0.495 e. The standard InChI is InChI=1S/C28H29BN6O3/c1-17(33-24-19(15-30)16-32-26(31)34-24)22-14-18-10-9-13-21(29-37-27(2,3)28(4,5)38-29)23(18)25(36)35(22)20-11-7-6-8-12-20/h6-14,16-17H,1-5H3,(H3,31,32,33,34)/t17-/m0/s1. The van der Waals surface area contributed by atoms with E-state index in [0.29, 0.717) is 28.0 Å². The van der Waals surface area contributed by atoms with Crippen molar-refractivity contribution in [1.82, 2.24) is 14.5 Å². The van der Waals surface area contributed by atoms with E-state index in [-0.39, 0.29) is 17.1 Å². The van der Waals surface area contributed by atoms with Crippen LogP contribution >= 0.6 is 0 Å². The first-order valence-electron chi connectivity index (χ1n) is 12.4. The Kier molecular flexibility index (Phi) is 6.21. The predicted octanol–water partition coefficient (Wildman–Crippen LogP) is 3.71. The van der Waals surface area contributed by atoms with Gasteiger partial charge in [0.1, 0.15) is 17.5 Å². The molecule has 1 saturated heterocycles. The number of fused-ring (bicyclic) bond motifs is 1. The quantitative estimate of drug-likeness (QED) is 0.391. The third kappa shape index (κ3) is 4.30. The molecule has 4 aromatic rings. The summed E-state index contributed by atoms with van der Waals surface area (Å²) in [5.74, 6) is 0.343. The zero-order valence-electron chi connectivity index (χ0n) is 22.0. The van der Waals surface area contributed by atoms with Gasteiger partial charge in [0.05, 0.1) is 23.4 Å². The van der Waals surface area contributed by atoms with Crippen LogP contribution in [0.4, 0.5) is 11.8 Å². The predicted molar refractivity (Wildman–Crippen MR) is 148 cm³/mol. The molecule has 0 bridgehead atoms. The second-order valence-electron chi connectivity index (χ2n) is 10.4. The van der Waals surface area contributed by atoms with E-state index in [2.05, 4.69) is 21.4 Å². The average Bonchev–Trinajstić information content (AvgIpc) is 3.10. The lowest BCUT2D eigenvalue weighted by atomic mass is 9.76. The first-order valence-corrected chi connectivity index (χ1v) is 12.4. The largest absolute Gasteiger partial charge is 0.495 e. The molecule has 3 N–H and O–H groups in total. The van der Waals surface area contributed by atoms with Gasteiger partial charge in [-0.2, -0.15) is 10.2 Å². The van der Waals surface area contributed by atoms with Crippen LogP contribution in [-0.2, 0) is 9.31 Å². The summed E-state index contributed by atoms with van der Waals surface area (Å²) < 4.78 is 14.3. The van der Waals surface area contributed by atoms with Crippen LogP contribution in [0.3, 0.4) is 0 Å². The van der Waals surface area contributed by atoms with E-state index in [1.807, 2.05) is 89.2 Å². The summed E-state index contributed by atoms with van der Waals surface area (Å²) in [5.41, 5.74) is 6.80. The van der Waals surface area contributed by atoms with E-state index in [1.54, 1.807) is 4.57 Å². The van der Waals surface area contributed by atoms with Gasteiger partial charge in [-0.25, -0.2) is 4.98 Å². The number of pyridine rings is 1. The summed E-state index contributed by atoms with van der Waals surface area (Å²) in [6.07, 6.45) is 1.37. The smallest absolute Gasteiger partial charge is 0.399 e. The lowest BCUT2D eigenvalue weighted by Crippen LogP contribution is -2.41. The summed E-state index contributed by atoms with van der Waals surface area (Å²) in [4.78, 5) is 22.4. The monoisotopic (exact) mass is 508 g/mol. The van der Waals surface area contributed by atoms with E-state index < -0.39 is 24.4 Å². The summed E-state index contributed by atoms with van der Waals surface area (Å²) >= 11 is 0. The fourth-order valence-electron chi connectivity index (χ4n) is 4.60. The highest BCUT2D eigenvalue weighted by Gasteiger charge is 2.52. The van der Waals surface area contributed by atoms with Gasteiger partial charge in [0, 0.05) is 16.8 Å². The number of nitriles is 1. The van der Waals surface area contributed by atoms with Crippen LogP contribution in [-0.4, -0.2) is 32.9 Å². The molecule has 1 aliphatic heterocycles. The van der Waals surface area contributed by atoms with Crippen LogP contribution in [0.5, 0.6) is 0 Å². The summed E-state index contributed by atoms with van der Waals surface area (Å²) in [6, 6.07) is 18.7. The highest BCUT2D eigenvalue weighted by Crippen LogP contribution is 2.37. The fourth-order valence-corrected chi connectivity index (χ4v) is 4.60. The van der Waals surface area contributed by atoms with E-state index >= 15 is 0 Å². The maximum atomic E-state index is 14.3. The number of nitrogen functional groups attached to an aromatic ring is 1. The number of aromatic nitrogens is 3. The molecule has 3 heterocycles. The number of hydrogen-bond acceptors (Lipinski definition) is 8. The van der Waals surface area contributed by atoms with Crippen LogP contribution in [0.2, 0.25) is 0 Å². The summed E-state index contributed by atoms with van der Waals surface area (Å²) in [6.45, 7) is 9.85.